The first-order chi connectivity index (χ1) is 16.4. The molecular weight excluding hydrogens is 452 g/mol. The molecule has 3 amide bonds. The molecule has 35 heavy (non-hydrogen) atoms. The Balaban J connectivity index is 3.47. The van der Waals surface area contributed by atoms with Gasteiger partial charge in [0.15, 0.2) is 0 Å². The molecule has 0 spiro atoms. The average molecular weight is 489 g/mol. The number of methoxy groups -OCH3 is 1. The summed E-state index contributed by atoms with van der Waals surface area (Å²) in [4.78, 5) is 52.3. The summed E-state index contributed by atoms with van der Waals surface area (Å²) in [7, 11) is 1.19. The van der Waals surface area contributed by atoms with Crippen molar-refractivity contribution in [2.75, 3.05) is 20.2 Å². The fraction of sp³-hybridized carbons (Fsp3) is 0.560. The number of ether oxygens (including phenoxy) is 2. The van der Waals surface area contributed by atoms with E-state index in [2.05, 4.69) is 15.4 Å². The topological polar surface area (TPSA) is 138 Å². The van der Waals surface area contributed by atoms with Crippen LogP contribution in [-0.4, -0.2) is 60.6 Å². The van der Waals surface area contributed by atoms with Crippen LogP contribution in [-0.2, 0) is 23.9 Å². The van der Waals surface area contributed by atoms with Crippen LogP contribution < -0.4 is 10.6 Å². The molecule has 1 rings (SSSR count). The summed E-state index contributed by atoms with van der Waals surface area (Å²) in [6.45, 7) is 9.69. The fourth-order valence-electron chi connectivity index (χ4n) is 3.34. The van der Waals surface area contributed by atoms with E-state index in [-0.39, 0.29) is 5.92 Å². The third-order valence-corrected chi connectivity index (χ3v) is 5.35. The van der Waals surface area contributed by atoms with Crippen LogP contribution in [0.3, 0.4) is 0 Å². The molecule has 0 aromatic heterocycles. The summed E-state index contributed by atoms with van der Waals surface area (Å²) in [5.74, 6) is -2.27. The highest BCUT2D eigenvalue weighted by molar-refractivity contribution is 5.93. The van der Waals surface area contributed by atoms with Crippen LogP contribution in [0.4, 0.5) is 4.79 Å². The van der Waals surface area contributed by atoms with Crippen LogP contribution in [0, 0.1) is 24.2 Å². The second-order valence-electron chi connectivity index (χ2n) is 9.19. The zero-order chi connectivity index (χ0) is 26.8. The molecule has 1 aromatic rings. The number of rotatable bonds is 10. The van der Waals surface area contributed by atoms with E-state index < -0.39 is 54.7 Å². The smallest absolute Gasteiger partial charge is 0.408 e. The number of esters is 1. The number of carbonyl (C=O) groups is 4. The number of hydrogen-bond donors (Lipinski definition) is 2. The van der Waals surface area contributed by atoms with Gasteiger partial charge >= 0.3 is 12.1 Å². The molecule has 0 saturated heterocycles. The quantitative estimate of drug-likeness (QED) is 0.381. The van der Waals surface area contributed by atoms with E-state index in [1.165, 1.54) is 7.11 Å². The summed E-state index contributed by atoms with van der Waals surface area (Å²) >= 11 is 0. The molecule has 0 heterocycles. The van der Waals surface area contributed by atoms with Crippen molar-refractivity contribution in [1.29, 1.82) is 5.26 Å². The third-order valence-electron chi connectivity index (χ3n) is 5.35. The zero-order valence-corrected chi connectivity index (χ0v) is 21.5. The number of amides is 3. The van der Waals surface area contributed by atoms with Crippen molar-refractivity contribution in [1.82, 2.24) is 15.5 Å². The van der Waals surface area contributed by atoms with Gasteiger partial charge in [0, 0.05) is 0 Å². The van der Waals surface area contributed by atoms with Crippen LogP contribution >= 0.6 is 0 Å². The monoisotopic (exact) mass is 488 g/mol. The van der Waals surface area contributed by atoms with Crippen molar-refractivity contribution in [2.24, 2.45) is 5.92 Å². The Bertz CT molecular complexity index is 950. The molecular formula is C25H36N4O6. The number of alkyl carbamates (subject to hydrolysis) is 1. The van der Waals surface area contributed by atoms with Crippen LogP contribution in [0.2, 0.25) is 0 Å². The second kappa shape index (κ2) is 13.3. The maximum atomic E-state index is 13.8. The van der Waals surface area contributed by atoms with E-state index in [9.17, 15) is 24.4 Å². The first-order valence-corrected chi connectivity index (χ1v) is 11.4. The van der Waals surface area contributed by atoms with Crippen molar-refractivity contribution in [3.05, 3.63) is 35.4 Å². The van der Waals surface area contributed by atoms with Crippen LogP contribution in [0.5, 0.6) is 0 Å². The fourth-order valence-corrected chi connectivity index (χ4v) is 3.34. The lowest BCUT2D eigenvalue weighted by atomic mass is 9.94. The van der Waals surface area contributed by atoms with Gasteiger partial charge in [-0.15, -0.1) is 0 Å². The molecule has 3 unspecified atom stereocenters. The minimum Gasteiger partial charge on any atom is -0.468 e. The van der Waals surface area contributed by atoms with E-state index in [0.717, 1.165) is 4.90 Å². The largest absolute Gasteiger partial charge is 0.468 e. The van der Waals surface area contributed by atoms with Crippen molar-refractivity contribution >= 4 is 23.9 Å². The average Bonchev–Trinajstić information content (AvgIpc) is 2.79. The highest BCUT2D eigenvalue weighted by Gasteiger charge is 2.38. The predicted octanol–water partition coefficient (Wildman–Crippen LogP) is 2.62. The van der Waals surface area contributed by atoms with Crippen molar-refractivity contribution in [2.45, 2.75) is 65.6 Å². The minimum atomic E-state index is -1.22. The van der Waals surface area contributed by atoms with Gasteiger partial charge in [0.2, 0.25) is 11.8 Å². The molecule has 0 aliphatic heterocycles. The Kier molecular flexibility index (Phi) is 11.2. The van der Waals surface area contributed by atoms with Crippen molar-refractivity contribution < 1.29 is 28.7 Å². The molecule has 0 saturated carbocycles. The van der Waals surface area contributed by atoms with Gasteiger partial charge in [0.25, 0.3) is 0 Å². The number of nitrogens with one attached hydrogen (secondary N) is 2. The Morgan fingerprint density at radius 3 is 2.31 bits per heavy atom. The van der Waals surface area contributed by atoms with E-state index in [1.54, 1.807) is 58.9 Å². The van der Waals surface area contributed by atoms with E-state index in [1.807, 2.05) is 13.0 Å². The lowest BCUT2D eigenvalue weighted by Gasteiger charge is -2.35. The van der Waals surface area contributed by atoms with Gasteiger partial charge in [-0.3, -0.25) is 14.4 Å². The summed E-state index contributed by atoms with van der Waals surface area (Å²) in [5.41, 5.74) is 0.414. The van der Waals surface area contributed by atoms with Gasteiger partial charge in [-0.1, -0.05) is 44.5 Å². The molecule has 192 valence electrons. The highest BCUT2D eigenvalue weighted by atomic mass is 16.6. The number of hydrogen-bond acceptors (Lipinski definition) is 7. The molecule has 10 nitrogen and oxygen atoms in total. The summed E-state index contributed by atoms with van der Waals surface area (Å²) < 4.78 is 9.91. The molecule has 3 atom stereocenters. The van der Waals surface area contributed by atoms with Crippen LogP contribution in [0.15, 0.2) is 24.3 Å². The maximum Gasteiger partial charge on any atom is 0.408 e. The summed E-state index contributed by atoms with van der Waals surface area (Å²) in [6, 6.07) is 6.61. The van der Waals surface area contributed by atoms with Gasteiger partial charge in [-0.05, 0) is 44.7 Å². The first kappa shape index (κ1) is 29.4. The number of carbonyl (C=O) groups excluding carboxylic acids is 4. The predicted molar refractivity (Wildman–Crippen MR) is 129 cm³/mol. The van der Waals surface area contributed by atoms with Crippen molar-refractivity contribution in [3.63, 3.8) is 0 Å². The van der Waals surface area contributed by atoms with Gasteiger partial charge in [0.1, 0.15) is 30.8 Å². The van der Waals surface area contributed by atoms with Gasteiger partial charge in [-0.2, -0.15) is 5.26 Å². The number of nitriles is 1. The van der Waals surface area contributed by atoms with E-state index in [4.69, 9.17) is 4.74 Å². The molecule has 2 N–H and O–H groups in total. The number of benzene rings is 1. The van der Waals surface area contributed by atoms with Gasteiger partial charge in [0.05, 0.1) is 13.2 Å². The minimum absolute atomic E-state index is 0.327. The standard InChI is InChI=1S/C25H36N4O6/c1-8-16(2)20(28-24(33)35-25(4,5)6)23(32)29(14-13-26)21(18-12-10-9-11-17(18)3)22(31)27-15-19(30)34-7/h9-12,16,20-21H,8,14-15H2,1-7H3,(H,27,31)(H,28,33). The third kappa shape index (κ3) is 8.92. The van der Waals surface area contributed by atoms with Crippen molar-refractivity contribution in [3.8, 4) is 6.07 Å². The van der Waals surface area contributed by atoms with Gasteiger partial charge < -0.3 is 25.0 Å². The molecule has 10 heteroatoms. The summed E-state index contributed by atoms with van der Waals surface area (Å²) in [6.07, 6.45) is -0.244. The first-order valence-electron chi connectivity index (χ1n) is 11.4. The number of nitrogens with zero attached hydrogens (tertiary/aromatic N) is 2. The van der Waals surface area contributed by atoms with Crippen LogP contribution in [0.1, 0.15) is 58.2 Å². The Morgan fingerprint density at radius 2 is 1.80 bits per heavy atom. The molecule has 0 radical (unpaired) electrons. The lowest BCUT2D eigenvalue weighted by molar-refractivity contribution is -0.144. The Labute approximate surface area is 206 Å². The summed E-state index contributed by atoms with van der Waals surface area (Å²) in [5, 5.41) is 14.6. The molecule has 0 bridgehead atoms. The lowest BCUT2D eigenvalue weighted by Crippen LogP contribution is -2.55. The van der Waals surface area contributed by atoms with Gasteiger partial charge in [-0.25, -0.2) is 4.79 Å². The highest BCUT2D eigenvalue weighted by Crippen LogP contribution is 2.26. The molecule has 0 aliphatic rings. The molecule has 0 aliphatic carbocycles. The SMILES string of the molecule is CCC(C)C(NC(=O)OC(C)(C)C)C(=O)N(CC#N)C(C(=O)NCC(=O)OC)c1ccccc1C. The Hall–Kier alpha value is -3.61. The van der Waals surface area contributed by atoms with E-state index >= 15 is 0 Å². The normalized spacial score (nSPS) is 13.4. The van der Waals surface area contributed by atoms with E-state index in [0.29, 0.717) is 17.5 Å². The Morgan fingerprint density at radius 1 is 1.17 bits per heavy atom. The number of aryl methyl sites for hydroxylation is 1. The molecule has 0 fully saturated rings. The van der Waals surface area contributed by atoms with Crippen LogP contribution in [0.25, 0.3) is 0 Å². The maximum absolute atomic E-state index is 13.8. The second-order valence-corrected chi connectivity index (χ2v) is 9.19. The zero-order valence-electron chi connectivity index (χ0n) is 21.5. The molecule has 1 aromatic carbocycles.